The van der Waals surface area contributed by atoms with Crippen LogP contribution in [-0.2, 0) is 0 Å². The predicted octanol–water partition coefficient (Wildman–Crippen LogP) is 1.27. The summed E-state index contributed by atoms with van der Waals surface area (Å²) >= 11 is 0. The Morgan fingerprint density at radius 3 is 2.44 bits per heavy atom. The van der Waals surface area contributed by atoms with E-state index in [0.717, 1.165) is 6.20 Å². The quantitative estimate of drug-likeness (QED) is 0.606. The predicted molar refractivity (Wildman–Crippen MR) is 90.1 cm³/mol. The molecule has 0 bridgehead atoms. The van der Waals surface area contributed by atoms with Crippen molar-refractivity contribution in [3.63, 3.8) is 0 Å². The lowest BCUT2D eigenvalue weighted by Crippen LogP contribution is -2.54. The minimum Gasteiger partial charge on any atom is -0.477 e. The highest BCUT2D eigenvalue weighted by Gasteiger charge is 2.30. The molecule has 25 heavy (non-hydrogen) atoms. The van der Waals surface area contributed by atoms with Gasteiger partial charge in [0.05, 0.1) is 16.6 Å². The lowest BCUT2D eigenvalue weighted by molar-refractivity contribution is 0.0695. The van der Waals surface area contributed by atoms with Gasteiger partial charge in [0.2, 0.25) is 5.43 Å². The van der Waals surface area contributed by atoms with Crippen LogP contribution in [0.25, 0.3) is 10.9 Å². The molecule has 2 heterocycles. The molecule has 9 heteroatoms. The molecule has 1 aliphatic heterocycles. The maximum atomic E-state index is 15.0. The summed E-state index contributed by atoms with van der Waals surface area (Å²) in [5, 5.41) is 11.8. The van der Waals surface area contributed by atoms with Crippen LogP contribution in [0.15, 0.2) is 11.0 Å². The number of nitrogens with zero attached hydrogens (tertiary/aromatic N) is 1. The number of benzene rings is 1. The van der Waals surface area contributed by atoms with Gasteiger partial charge in [-0.3, -0.25) is 4.79 Å². The van der Waals surface area contributed by atoms with Crippen LogP contribution in [-0.4, -0.2) is 41.2 Å². The average molecular weight is 352 g/mol. The van der Waals surface area contributed by atoms with Gasteiger partial charge in [0.25, 0.3) is 0 Å². The Labute approximate surface area is 141 Å². The van der Waals surface area contributed by atoms with Crippen molar-refractivity contribution < 1.29 is 18.7 Å². The van der Waals surface area contributed by atoms with Crippen LogP contribution in [0.4, 0.5) is 20.2 Å². The highest BCUT2D eigenvalue weighted by Crippen LogP contribution is 2.34. The number of nitrogens with two attached hydrogens (primary N) is 1. The first-order valence-electron chi connectivity index (χ1n) is 7.78. The largest absolute Gasteiger partial charge is 0.477 e. The van der Waals surface area contributed by atoms with Gasteiger partial charge >= 0.3 is 5.97 Å². The topological polar surface area (TPSA) is 111 Å². The first kappa shape index (κ1) is 17.2. The minimum atomic E-state index is -1.50. The van der Waals surface area contributed by atoms with Crippen molar-refractivity contribution in [2.75, 3.05) is 23.7 Å². The molecule has 0 aliphatic carbocycles. The van der Waals surface area contributed by atoms with E-state index in [4.69, 9.17) is 10.8 Å². The zero-order valence-corrected chi connectivity index (χ0v) is 13.7. The lowest BCUT2D eigenvalue weighted by Gasteiger charge is -2.38. The molecule has 0 spiro atoms. The molecule has 1 aromatic heterocycles. The van der Waals surface area contributed by atoms with Crippen molar-refractivity contribution in [1.29, 1.82) is 0 Å². The number of nitrogens with one attached hydrogen (secondary N) is 2. The maximum absolute atomic E-state index is 15.0. The lowest BCUT2D eigenvalue weighted by atomic mass is 10.1. The van der Waals surface area contributed by atoms with Crippen LogP contribution in [0.3, 0.4) is 0 Å². The fourth-order valence-corrected chi connectivity index (χ4v) is 3.36. The number of aromatic amines is 1. The van der Waals surface area contributed by atoms with Gasteiger partial charge in [-0.2, -0.15) is 0 Å². The summed E-state index contributed by atoms with van der Waals surface area (Å²) in [6.45, 7) is 4.51. The molecular weight excluding hydrogens is 334 g/mol. The van der Waals surface area contributed by atoms with Crippen molar-refractivity contribution in [1.82, 2.24) is 10.3 Å². The molecule has 1 fully saturated rings. The number of carbonyl (C=O) groups is 1. The molecule has 0 unspecified atom stereocenters. The Balaban J connectivity index is 2.28. The molecule has 0 saturated carbocycles. The van der Waals surface area contributed by atoms with Gasteiger partial charge in [-0.25, -0.2) is 13.6 Å². The van der Waals surface area contributed by atoms with Gasteiger partial charge in [0.15, 0.2) is 11.6 Å². The molecule has 2 atom stereocenters. The van der Waals surface area contributed by atoms with E-state index in [9.17, 15) is 18.4 Å². The number of halogens is 2. The number of carboxylic acid groups (broad SMARTS) is 1. The van der Waals surface area contributed by atoms with Crippen LogP contribution in [0, 0.1) is 11.6 Å². The third-order valence-corrected chi connectivity index (χ3v) is 4.33. The van der Waals surface area contributed by atoms with E-state index in [2.05, 4.69) is 10.3 Å². The fraction of sp³-hybridized carbons (Fsp3) is 0.375. The monoisotopic (exact) mass is 352 g/mol. The number of hydrogen-bond acceptors (Lipinski definition) is 5. The molecule has 1 saturated heterocycles. The summed E-state index contributed by atoms with van der Waals surface area (Å²) in [4.78, 5) is 27.3. The van der Waals surface area contributed by atoms with Crippen molar-refractivity contribution in [2.24, 2.45) is 0 Å². The normalized spacial score (nSPS) is 20.9. The maximum Gasteiger partial charge on any atom is 0.341 e. The Morgan fingerprint density at radius 2 is 1.88 bits per heavy atom. The molecular formula is C16H18F2N4O3. The number of fused-ring (bicyclic) bond motifs is 1. The van der Waals surface area contributed by atoms with Crippen molar-refractivity contribution in [2.45, 2.75) is 25.9 Å². The summed E-state index contributed by atoms with van der Waals surface area (Å²) < 4.78 is 29.8. The van der Waals surface area contributed by atoms with Gasteiger partial charge < -0.3 is 26.0 Å². The number of aromatic carboxylic acids is 1. The second-order valence-electron chi connectivity index (χ2n) is 6.35. The molecule has 5 N–H and O–H groups in total. The zero-order chi connectivity index (χ0) is 18.5. The highest BCUT2D eigenvalue weighted by molar-refractivity contribution is 5.99. The van der Waals surface area contributed by atoms with Gasteiger partial charge in [0, 0.05) is 31.4 Å². The number of nitrogen functional groups attached to an aromatic ring is 1. The van der Waals surface area contributed by atoms with Crippen molar-refractivity contribution in [3.05, 3.63) is 33.6 Å². The van der Waals surface area contributed by atoms with Crippen LogP contribution >= 0.6 is 0 Å². The van der Waals surface area contributed by atoms with Gasteiger partial charge in [0.1, 0.15) is 11.3 Å². The van der Waals surface area contributed by atoms with Crippen LogP contribution in [0.1, 0.15) is 24.2 Å². The molecule has 0 amide bonds. The molecule has 1 aromatic carbocycles. The van der Waals surface area contributed by atoms with E-state index in [1.165, 1.54) is 4.90 Å². The van der Waals surface area contributed by atoms with Crippen LogP contribution in [0.5, 0.6) is 0 Å². The second-order valence-corrected chi connectivity index (χ2v) is 6.35. The highest BCUT2D eigenvalue weighted by atomic mass is 19.1. The summed E-state index contributed by atoms with van der Waals surface area (Å²) in [7, 11) is 0. The number of carboxylic acids is 1. The minimum absolute atomic E-state index is 0.00732. The second kappa shape index (κ2) is 5.99. The smallest absolute Gasteiger partial charge is 0.341 e. The Hall–Kier alpha value is -2.68. The summed E-state index contributed by atoms with van der Waals surface area (Å²) in [5.41, 5.74) is 2.91. The molecule has 7 nitrogen and oxygen atoms in total. The SMILES string of the molecule is C[C@@H]1CN(c2c(F)c(N)c3c(=O)c(C(=O)O)c[nH]c3c2F)C[C@H](C)N1. The standard InChI is InChI=1S/C16H18F2N4O3/c1-6-4-22(5-7(2)21-6)14-10(17)12(19)9-13(11(14)18)20-3-8(15(9)23)16(24)25/h3,6-7,21H,4-5,19H2,1-2H3,(H,20,23)(H,24,25)/t6-,7+. The first-order valence-corrected chi connectivity index (χ1v) is 7.78. The number of anilines is 2. The molecule has 3 rings (SSSR count). The number of hydrogen-bond donors (Lipinski definition) is 4. The van der Waals surface area contributed by atoms with Crippen molar-refractivity contribution >= 4 is 28.2 Å². The zero-order valence-electron chi connectivity index (χ0n) is 13.7. The molecule has 134 valence electrons. The van der Waals surface area contributed by atoms with Crippen LogP contribution < -0.4 is 21.4 Å². The third kappa shape index (κ3) is 2.70. The van der Waals surface area contributed by atoms with E-state index in [0.29, 0.717) is 13.1 Å². The van der Waals surface area contributed by atoms with Crippen molar-refractivity contribution in [3.8, 4) is 0 Å². The molecule has 0 radical (unpaired) electrons. The average Bonchev–Trinajstić information content (AvgIpc) is 2.51. The Morgan fingerprint density at radius 1 is 1.28 bits per heavy atom. The Bertz CT molecular complexity index is 918. The number of aromatic nitrogens is 1. The van der Waals surface area contributed by atoms with E-state index < -0.39 is 39.7 Å². The first-order chi connectivity index (χ1) is 11.7. The van der Waals surface area contributed by atoms with Crippen LogP contribution in [0.2, 0.25) is 0 Å². The van der Waals surface area contributed by atoms with Gasteiger partial charge in [-0.05, 0) is 13.8 Å². The summed E-state index contributed by atoms with van der Waals surface area (Å²) in [6.07, 6.45) is 0.889. The van der Waals surface area contributed by atoms with Gasteiger partial charge in [-0.15, -0.1) is 0 Å². The van der Waals surface area contributed by atoms with E-state index in [1.54, 1.807) is 0 Å². The fourth-order valence-electron chi connectivity index (χ4n) is 3.36. The number of H-pyrrole nitrogens is 1. The Kier molecular flexibility index (Phi) is 4.11. The number of rotatable bonds is 2. The van der Waals surface area contributed by atoms with E-state index >= 15 is 0 Å². The number of pyridine rings is 1. The third-order valence-electron chi connectivity index (χ3n) is 4.33. The summed E-state index contributed by atoms with van der Waals surface area (Å²) in [6, 6.07) is 0.0146. The van der Waals surface area contributed by atoms with E-state index in [-0.39, 0.29) is 23.3 Å². The number of piperazine rings is 1. The summed E-state index contributed by atoms with van der Waals surface area (Å²) in [5.74, 6) is -3.52. The molecule has 2 aromatic rings. The molecule has 1 aliphatic rings. The van der Waals surface area contributed by atoms with E-state index in [1.807, 2.05) is 13.8 Å². The van der Waals surface area contributed by atoms with Gasteiger partial charge in [-0.1, -0.05) is 0 Å².